The molecular formula is C8H12N2OS. The lowest BCUT2D eigenvalue weighted by Crippen LogP contribution is -1.97. The Bertz CT molecular complexity index is 392. The maximum absolute atomic E-state index is 11.7. The van der Waals surface area contributed by atoms with E-state index in [0.717, 1.165) is 0 Å². The van der Waals surface area contributed by atoms with Crippen molar-refractivity contribution in [3.8, 4) is 0 Å². The van der Waals surface area contributed by atoms with Crippen LogP contribution in [0.5, 0.6) is 0 Å². The van der Waals surface area contributed by atoms with E-state index in [1.54, 1.807) is 37.6 Å². The molecule has 0 aromatic heterocycles. The van der Waals surface area contributed by atoms with Gasteiger partial charge in [0.2, 0.25) is 0 Å². The fraction of sp³-hybridized carbons (Fsp3) is 0.250. The highest BCUT2D eigenvalue weighted by atomic mass is 32.2. The van der Waals surface area contributed by atoms with Gasteiger partial charge in [-0.05, 0) is 18.2 Å². The van der Waals surface area contributed by atoms with Crippen LogP contribution in [0.1, 0.15) is 0 Å². The minimum atomic E-state index is -2.23. The van der Waals surface area contributed by atoms with Crippen LogP contribution < -0.4 is 5.73 Å². The third kappa shape index (κ3) is 1.76. The van der Waals surface area contributed by atoms with Gasteiger partial charge in [0, 0.05) is 23.9 Å². The highest BCUT2D eigenvalue weighted by molar-refractivity contribution is 7.93. The smallest absolute Gasteiger partial charge is 0.0721 e. The van der Waals surface area contributed by atoms with Crippen molar-refractivity contribution in [2.24, 2.45) is 4.36 Å². The molecule has 0 unspecified atom stereocenters. The van der Waals surface area contributed by atoms with Crippen molar-refractivity contribution in [3.05, 3.63) is 24.3 Å². The topological polar surface area (TPSA) is 55.5 Å². The van der Waals surface area contributed by atoms with E-state index in [9.17, 15) is 4.21 Å². The number of nitrogens with zero attached hydrogens (tertiary/aromatic N) is 1. The Morgan fingerprint density at radius 1 is 1.50 bits per heavy atom. The lowest BCUT2D eigenvalue weighted by molar-refractivity contribution is 0.680. The van der Waals surface area contributed by atoms with Crippen LogP contribution in [0.25, 0.3) is 0 Å². The second-order valence-corrected chi connectivity index (χ2v) is 5.00. The molecule has 1 atom stereocenters. The summed E-state index contributed by atoms with van der Waals surface area (Å²) in [7, 11) is -0.679. The van der Waals surface area contributed by atoms with E-state index in [1.807, 2.05) is 0 Å². The predicted molar refractivity (Wildman–Crippen MR) is 51.5 cm³/mol. The van der Waals surface area contributed by atoms with E-state index in [1.165, 1.54) is 0 Å². The summed E-state index contributed by atoms with van der Waals surface area (Å²) in [6.45, 7) is 0. The van der Waals surface area contributed by atoms with Crippen LogP contribution in [0.4, 0.5) is 5.69 Å². The van der Waals surface area contributed by atoms with E-state index >= 15 is 0 Å². The molecule has 0 heterocycles. The molecule has 3 nitrogen and oxygen atoms in total. The maximum atomic E-state index is 11.7. The minimum Gasteiger partial charge on any atom is -0.399 e. The van der Waals surface area contributed by atoms with Gasteiger partial charge in [0.1, 0.15) is 0 Å². The first-order chi connectivity index (χ1) is 5.56. The van der Waals surface area contributed by atoms with Crippen molar-refractivity contribution in [1.82, 2.24) is 0 Å². The van der Waals surface area contributed by atoms with Crippen molar-refractivity contribution in [2.75, 3.05) is 19.0 Å². The van der Waals surface area contributed by atoms with Crippen LogP contribution in [-0.4, -0.2) is 17.5 Å². The number of anilines is 1. The maximum Gasteiger partial charge on any atom is 0.0721 e. The number of nitrogen functional groups attached to an aromatic ring is 1. The Balaban J connectivity index is 3.31. The van der Waals surface area contributed by atoms with Crippen molar-refractivity contribution in [3.63, 3.8) is 0 Å². The van der Waals surface area contributed by atoms with Gasteiger partial charge in [-0.25, -0.2) is 8.57 Å². The normalized spacial score (nSPS) is 15.2. The fourth-order valence-corrected chi connectivity index (χ4v) is 1.75. The third-order valence-corrected chi connectivity index (χ3v) is 3.47. The SMILES string of the molecule is CN=[S@](C)(=O)c1cccc(N)c1. The molecule has 0 amide bonds. The summed E-state index contributed by atoms with van der Waals surface area (Å²) in [6, 6.07) is 6.99. The monoisotopic (exact) mass is 184 g/mol. The Morgan fingerprint density at radius 3 is 2.67 bits per heavy atom. The quantitative estimate of drug-likeness (QED) is 0.670. The van der Waals surface area contributed by atoms with Crippen LogP contribution in [0.15, 0.2) is 33.5 Å². The standard InChI is InChI=1S/C8H12N2OS/c1-10-12(2,11)8-5-3-4-7(9)6-8/h3-6H,9H2,1-2H3/t12-/m1/s1. The highest BCUT2D eigenvalue weighted by Crippen LogP contribution is 2.13. The molecule has 66 valence electrons. The highest BCUT2D eigenvalue weighted by Gasteiger charge is 2.03. The summed E-state index contributed by atoms with van der Waals surface area (Å²) in [6.07, 6.45) is 1.60. The van der Waals surface area contributed by atoms with Gasteiger partial charge in [0.25, 0.3) is 0 Å². The first kappa shape index (κ1) is 9.06. The van der Waals surface area contributed by atoms with E-state index in [2.05, 4.69) is 4.36 Å². The molecule has 4 heteroatoms. The Labute approximate surface area is 72.8 Å². The molecule has 0 bridgehead atoms. The number of rotatable bonds is 1. The van der Waals surface area contributed by atoms with Gasteiger partial charge in [0.05, 0.1) is 9.73 Å². The predicted octanol–water partition coefficient (Wildman–Crippen LogP) is 1.36. The van der Waals surface area contributed by atoms with Crippen molar-refractivity contribution in [2.45, 2.75) is 4.90 Å². The summed E-state index contributed by atoms with van der Waals surface area (Å²) in [5, 5.41) is 0. The molecule has 0 saturated carbocycles. The zero-order chi connectivity index (χ0) is 9.19. The lowest BCUT2D eigenvalue weighted by atomic mass is 10.3. The van der Waals surface area contributed by atoms with Gasteiger partial charge in [0.15, 0.2) is 0 Å². The van der Waals surface area contributed by atoms with Crippen molar-refractivity contribution < 1.29 is 4.21 Å². The molecule has 0 aliphatic rings. The summed E-state index contributed by atoms with van der Waals surface area (Å²) in [4.78, 5) is 0.685. The average Bonchev–Trinajstić information content (AvgIpc) is 2.05. The molecule has 12 heavy (non-hydrogen) atoms. The first-order valence-corrected chi connectivity index (χ1v) is 5.44. The number of hydrogen-bond acceptors (Lipinski definition) is 3. The van der Waals surface area contributed by atoms with Crippen LogP contribution in [0.2, 0.25) is 0 Å². The third-order valence-electron chi connectivity index (χ3n) is 1.64. The Kier molecular flexibility index (Phi) is 2.38. The van der Waals surface area contributed by atoms with E-state index in [-0.39, 0.29) is 0 Å². The number of benzene rings is 1. The Hall–Kier alpha value is -1.03. The molecule has 0 spiro atoms. The first-order valence-electron chi connectivity index (χ1n) is 3.52. The van der Waals surface area contributed by atoms with Crippen LogP contribution in [0, 0.1) is 0 Å². The second kappa shape index (κ2) is 3.15. The van der Waals surface area contributed by atoms with E-state index < -0.39 is 9.73 Å². The number of hydrogen-bond donors (Lipinski definition) is 1. The molecule has 1 rings (SSSR count). The van der Waals surface area contributed by atoms with E-state index in [0.29, 0.717) is 10.6 Å². The summed E-state index contributed by atoms with van der Waals surface area (Å²) < 4.78 is 15.5. The molecule has 0 radical (unpaired) electrons. The molecule has 1 aromatic carbocycles. The molecular weight excluding hydrogens is 172 g/mol. The summed E-state index contributed by atoms with van der Waals surface area (Å²) in [5.74, 6) is 0. The van der Waals surface area contributed by atoms with Gasteiger partial charge in [-0.1, -0.05) is 6.07 Å². The fourth-order valence-electron chi connectivity index (χ4n) is 0.856. The molecule has 2 N–H and O–H groups in total. The zero-order valence-corrected chi connectivity index (χ0v) is 7.97. The summed E-state index contributed by atoms with van der Waals surface area (Å²) >= 11 is 0. The molecule has 1 aromatic rings. The van der Waals surface area contributed by atoms with Crippen molar-refractivity contribution in [1.29, 1.82) is 0 Å². The molecule has 0 saturated heterocycles. The van der Waals surface area contributed by atoms with Gasteiger partial charge in [-0.15, -0.1) is 0 Å². The molecule has 0 aliphatic carbocycles. The van der Waals surface area contributed by atoms with Crippen LogP contribution >= 0.6 is 0 Å². The average molecular weight is 184 g/mol. The molecule has 0 aliphatic heterocycles. The zero-order valence-electron chi connectivity index (χ0n) is 7.15. The second-order valence-electron chi connectivity index (χ2n) is 2.56. The lowest BCUT2D eigenvalue weighted by Gasteiger charge is -2.02. The molecule has 0 fully saturated rings. The Morgan fingerprint density at radius 2 is 2.17 bits per heavy atom. The largest absolute Gasteiger partial charge is 0.399 e. The van der Waals surface area contributed by atoms with Gasteiger partial charge >= 0.3 is 0 Å². The van der Waals surface area contributed by atoms with Gasteiger partial charge in [-0.2, -0.15) is 0 Å². The number of nitrogens with two attached hydrogens (primary N) is 1. The minimum absolute atomic E-state index is 0.616. The summed E-state index contributed by atoms with van der Waals surface area (Å²) in [5.41, 5.74) is 6.16. The van der Waals surface area contributed by atoms with Crippen LogP contribution in [0.3, 0.4) is 0 Å². The van der Waals surface area contributed by atoms with E-state index in [4.69, 9.17) is 5.73 Å². The van der Waals surface area contributed by atoms with Crippen molar-refractivity contribution >= 4 is 15.4 Å². The van der Waals surface area contributed by atoms with Crippen LogP contribution in [-0.2, 0) is 9.73 Å². The van der Waals surface area contributed by atoms with Gasteiger partial charge in [-0.3, -0.25) is 0 Å². The van der Waals surface area contributed by atoms with Gasteiger partial charge < -0.3 is 5.73 Å².